The molecule has 0 saturated heterocycles. The van der Waals surface area contributed by atoms with Crippen molar-refractivity contribution in [3.05, 3.63) is 66.2 Å². The van der Waals surface area contributed by atoms with E-state index in [1.54, 1.807) is 0 Å². The Morgan fingerprint density at radius 1 is 0.920 bits per heavy atom. The van der Waals surface area contributed by atoms with Crippen molar-refractivity contribution in [2.75, 3.05) is 38.6 Å². The Bertz CT molecular complexity index is 614. The fourth-order valence-corrected chi connectivity index (χ4v) is 2.67. The van der Waals surface area contributed by atoms with Crippen LogP contribution in [0.5, 0.6) is 0 Å². The van der Waals surface area contributed by atoms with E-state index in [0.717, 1.165) is 30.8 Å². The first-order valence-corrected chi connectivity index (χ1v) is 8.91. The second kappa shape index (κ2) is 10.6. The Balaban J connectivity index is 1.90. The average molecular weight is 339 g/mol. The number of hydrogen-bond acceptors (Lipinski definition) is 3. The topological polar surface area (TPSA) is 35.6 Å². The highest BCUT2D eigenvalue weighted by Gasteiger charge is 2.15. The van der Waals surface area contributed by atoms with Gasteiger partial charge in [0.05, 0.1) is 6.54 Å². The summed E-state index contributed by atoms with van der Waals surface area (Å²) in [4.78, 5) is 16.8. The van der Waals surface area contributed by atoms with Crippen molar-refractivity contribution < 1.29 is 4.79 Å². The van der Waals surface area contributed by atoms with Crippen LogP contribution < -0.4 is 10.2 Å². The number of amides is 1. The molecule has 4 nitrogen and oxygen atoms in total. The van der Waals surface area contributed by atoms with E-state index in [9.17, 15) is 4.79 Å². The molecule has 0 bridgehead atoms. The Labute approximate surface area is 151 Å². The van der Waals surface area contributed by atoms with Crippen molar-refractivity contribution in [1.82, 2.24) is 10.2 Å². The summed E-state index contributed by atoms with van der Waals surface area (Å²) in [6, 6.07) is 20.0. The third-order valence-corrected chi connectivity index (χ3v) is 4.03. The summed E-state index contributed by atoms with van der Waals surface area (Å²) in [7, 11) is 4.15. The van der Waals surface area contributed by atoms with Crippen LogP contribution in [0.2, 0.25) is 0 Å². The van der Waals surface area contributed by atoms with E-state index in [-0.39, 0.29) is 5.91 Å². The van der Waals surface area contributed by atoms with Crippen LogP contribution in [0.4, 0.5) is 5.69 Å². The molecule has 0 spiro atoms. The lowest BCUT2D eigenvalue weighted by Gasteiger charge is -2.23. The molecule has 0 saturated carbocycles. The maximum absolute atomic E-state index is 12.8. The zero-order valence-electron chi connectivity index (χ0n) is 15.3. The monoisotopic (exact) mass is 339 g/mol. The highest BCUT2D eigenvalue weighted by Crippen LogP contribution is 2.17. The van der Waals surface area contributed by atoms with Gasteiger partial charge in [0.25, 0.3) is 0 Å². The third-order valence-electron chi connectivity index (χ3n) is 4.03. The smallest absolute Gasteiger partial charge is 0.228 e. The van der Waals surface area contributed by atoms with Crippen LogP contribution in [0.25, 0.3) is 0 Å². The van der Waals surface area contributed by atoms with Crippen LogP contribution in [-0.4, -0.2) is 44.5 Å². The van der Waals surface area contributed by atoms with E-state index < -0.39 is 0 Å². The Morgan fingerprint density at radius 2 is 1.56 bits per heavy atom. The molecule has 0 heterocycles. The fourth-order valence-electron chi connectivity index (χ4n) is 2.67. The molecule has 0 fully saturated rings. The number of carbonyl (C=O) groups is 1. The number of carbonyl (C=O) groups excluding carboxylic acids is 1. The SMILES string of the molecule is CN(C)CCCNCCC(=O)N(Cc1ccccc1)c1ccccc1. The van der Waals surface area contributed by atoms with Gasteiger partial charge in [-0.1, -0.05) is 48.5 Å². The minimum absolute atomic E-state index is 0.148. The predicted molar refractivity (Wildman–Crippen MR) is 105 cm³/mol. The largest absolute Gasteiger partial charge is 0.316 e. The Kier molecular flexibility index (Phi) is 8.16. The molecule has 0 aliphatic rings. The summed E-state index contributed by atoms with van der Waals surface area (Å²) in [5.74, 6) is 0.148. The van der Waals surface area contributed by atoms with Gasteiger partial charge in [-0.2, -0.15) is 0 Å². The van der Waals surface area contributed by atoms with Crippen LogP contribution in [0.3, 0.4) is 0 Å². The minimum atomic E-state index is 0.148. The standard InChI is InChI=1S/C21H29N3O/c1-23(2)17-9-15-22-16-14-21(25)24(20-12-7-4-8-13-20)18-19-10-5-3-6-11-19/h3-8,10-13,22H,9,14-18H2,1-2H3. The van der Waals surface area contributed by atoms with E-state index in [1.807, 2.05) is 53.4 Å². The Hall–Kier alpha value is -2.17. The van der Waals surface area contributed by atoms with Crippen molar-refractivity contribution in [2.45, 2.75) is 19.4 Å². The normalized spacial score (nSPS) is 10.8. The molecule has 0 unspecified atom stereocenters. The predicted octanol–water partition coefficient (Wildman–Crippen LogP) is 3.15. The molecule has 4 heteroatoms. The second-order valence-electron chi connectivity index (χ2n) is 6.46. The first-order valence-electron chi connectivity index (χ1n) is 8.91. The molecule has 1 N–H and O–H groups in total. The zero-order chi connectivity index (χ0) is 17.9. The van der Waals surface area contributed by atoms with Gasteiger partial charge in [0.2, 0.25) is 5.91 Å². The highest BCUT2D eigenvalue weighted by molar-refractivity contribution is 5.93. The van der Waals surface area contributed by atoms with Gasteiger partial charge in [-0.25, -0.2) is 0 Å². The van der Waals surface area contributed by atoms with Gasteiger partial charge in [-0.3, -0.25) is 4.79 Å². The maximum Gasteiger partial charge on any atom is 0.228 e. The number of anilines is 1. The van der Waals surface area contributed by atoms with Crippen LogP contribution >= 0.6 is 0 Å². The number of hydrogen-bond donors (Lipinski definition) is 1. The molecule has 25 heavy (non-hydrogen) atoms. The van der Waals surface area contributed by atoms with Crippen LogP contribution in [0.1, 0.15) is 18.4 Å². The lowest BCUT2D eigenvalue weighted by molar-refractivity contribution is -0.118. The second-order valence-corrected chi connectivity index (χ2v) is 6.46. The average Bonchev–Trinajstić information content (AvgIpc) is 2.63. The van der Waals surface area contributed by atoms with Crippen molar-refractivity contribution in [2.24, 2.45) is 0 Å². The summed E-state index contributed by atoms with van der Waals surface area (Å²) in [5.41, 5.74) is 2.09. The van der Waals surface area contributed by atoms with Gasteiger partial charge in [0.15, 0.2) is 0 Å². The number of nitrogens with zero attached hydrogens (tertiary/aromatic N) is 2. The van der Waals surface area contributed by atoms with Crippen LogP contribution in [0, 0.1) is 0 Å². The van der Waals surface area contributed by atoms with Crippen molar-refractivity contribution >= 4 is 11.6 Å². The van der Waals surface area contributed by atoms with E-state index in [0.29, 0.717) is 19.5 Å². The molecule has 2 rings (SSSR count). The van der Waals surface area contributed by atoms with E-state index in [1.165, 1.54) is 0 Å². The van der Waals surface area contributed by atoms with Gasteiger partial charge >= 0.3 is 0 Å². The maximum atomic E-state index is 12.8. The van der Waals surface area contributed by atoms with Gasteiger partial charge < -0.3 is 15.1 Å². The number of nitrogens with one attached hydrogen (secondary N) is 1. The summed E-state index contributed by atoms with van der Waals surface area (Å²) in [5, 5.41) is 3.37. The van der Waals surface area contributed by atoms with Crippen molar-refractivity contribution in [3.63, 3.8) is 0 Å². The molecule has 0 aliphatic carbocycles. The molecular formula is C21H29N3O. The fraction of sp³-hybridized carbons (Fsp3) is 0.381. The molecule has 2 aromatic carbocycles. The number of rotatable bonds is 10. The summed E-state index contributed by atoms with van der Waals surface area (Å²) in [6.45, 7) is 3.31. The quantitative estimate of drug-likeness (QED) is 0.676. The molecule has 134 valence electrons. The van der Waals surface area contributed by atoms with E-state index in [2.05, 4.69) is 36.4 Å². The minimum Gasteiger partial charge on any atom is -0.316 e. The number of benzene rings is 2. The lowest BCUT2D eigenvalue weighted by atomic mass is 10.2. The first-order chi connectivity index (χ1) is 12.2. The van der Waals surface area contributed by atoms with Crippen molar-refractivity contribution in [1.29, 1.82) is 0 Å². The molecule has 0 aromatic heterocycles. The number of para-hydroxylation sites is 1. The Morgan fingerprint density at radius 3 is 2.20 bits per heavy atom. The van der Waals surface area contributed by atoms with Gasteiger partial charge in [0.1, 0.15) is 0 Å². The zero-order valence-corrected chi connectivity index (χ0v) is 15.3. The van der Waals surface area contributed by atoms with E-state index in [4.69, 9.17) is 0 Å². The summed E-state index contributed by atoms with van der Waals surface area (Å²) in [6.07, 6.45) is 1.59. The lowest BCUT2D eigenvalue weighted by Crippen LogP contribution is -2.33. The molecule has 2 aromatic rings. The van der Waals surface area contributed by atoms with Crippen LogP contribution in [-0.2, 0) is 11.3 Å². The van der Waals surface area contributed by atoms with Gasteiger partial charge in [-0.15, -0.1) is 0 Å². The molecule has 0 atom stereocenters. The summed E-state index contributed by atoms with van der Waals surface area (Å²) < 4.78 is 0. The molecule has 0 aliphatic heterocycles. The highest BCUT2D eigenvalue weighted by atomic mass is 16.2. The molecule has 1 amide bonds. The molecule has 0 radical (unpaired) electrons. The van der Waals surface area contributed by atoms with Gasteiger partial charge in [-0.05, 0) is 51.3 Å². The third kappa shape index (κ3) is 7.08. The van der Waals surface area contributed by atoms with Crippen LogP contribution in [0.15, 0.2) is 60.7 Å². The van der Waals surface area contributed by atoms with E-state index >= 15 is 0 Å². The first kappa shape index (κ1) is 19.2. The van der Waals surface area contributed by atoms with Crippen molar-refractivity contribution in [3.8, 4) is 0 Å². The molecular weight excluding hydrogens is 310 g/mol. The van der Waals surface area contributed by atoms with Gasteiger partial charge in [0, 0.05) is 18.7 Å². The summed E-state index contributed by atoms with van der Waals surface area (Å²) >= 11 is 0.